The molecule has 6 rings (SSSR count). The minimum Gasteiger partial charge on any atom is -0.497 e. The van der Waals surface area contributed by atoms with Crippen molar-refractivity contribution in [3.8, 4) is 17.6 Å². The van der Waals surface area contributed by atoms with E-state index in [1.165, 1.54) is 6.20 Å². The number of benzene rings is 3. The lowest BCUT2D eigenvalue weighted by atomic mass is 9.80. The number of aromatic amines is 1. The second kappa shape index (κ2) is 19.7. The van der Waals surface area contributed by atoms with Gasteiger partial charge < -0.3 is 32.9 Å². The van der Waals surface area contributed by atoms with Crippen LogP contribution in [0.2, 0.25) is 0 Å². The van der Waals surface area contributed by atoms with E-state index in [1.54, 1.807) is 30.1 Å². The lowest BCUT2D eigenvalue weighted by Crippen LogP contribution is -2.39. The van der Waals surface area contributed by atoms with E-state index in [9.17, 15) is 10.1 Å². The topological polar surface area (TPSA) is 162 Å². The summed E-state index contributed by atoms with van der Waals surface area (Å²) in [6, 6.07) is 28.0. The molecule has 16 heteroatoms. The van der Waals surface area contributed by atoms with Crippen molar-refractivity contribution in [2.75, 3.05) is 41.5 Å². The Bertz CT molecular complexity index is 2190. The van der Waals surface area contributed by atoms with Crippen molar-refractivity contribution >= 4 is 31.8 Å². The minimum absolute atomic E-state index is 0.0600. The number of fused-ring (bicyclic) bond motifs is 1. The van der Waals surface area contributed by atoms with Crippen molar-refractivity contribution in [1.29, 1.82) is 5.26 Å². The van der Waals surface area contributed by atoms with Crippen LogP contribution in [-0.2, 0) is 24.1 Å². The van der Waals surface area contributed by atoms with Crippen LogP contribution in [0.15, 0.2) is 94.8 Å². The molecule has 15 nitrogen and oxygen atoms in total. The van der Waals surface area contributed by atoms with E-state index >= 15 is 0 Å². The number of ether oxygens (including phenoxy) is 4. The maximum Gasteiger partial charge on any atom is 0.263 e. The first-order valence-corrected chi connectivity index (χ1v) is 20.7. The van der Waals surface area contributed by atoms with E-state index in [1.807, 2.05) is 93.0 Å². The fourth-order valence-corrected chi connectivity index (χ4v) is 8.93. The average molecular weight is 825 g/mol. The molecule has 0 amide bonds. The lowest BCUT2D eigenvalue weighted by molar-refractivity contribution is -0.0931. The fourth-order valence-electron chi connectivity index (χ4n) is 7.17. The molecule has 0 radical (unpaired) electrons. The summed E-state index contributed by atoms with van der Waals surface area (Å²) in [6.45, 7) is 8.63. The SMILES string of the molecule is COc1ccc(C(OC[C@H]2O[C@@H](n3ncc4c(=O)[nH]c(N=CN(C)C)nc43)CC2OP(OCCC#N)N(C(C)C)C(C)C)(c2ccccc2)c2ccc(OC)cc2)cc1. The van der Waals surface area contributed by atoms with Crippen LogP contribution in [0.3, 0.4) is 0 Å². The lowest BCUT2D eigenvalue weighted by Gasteiger charge is -2.39. The van der Waals surface area contributed by atoms with Gasteiger partial charge in [0.05, 0.1) is 58.6 Å². The van der Waals surface area contributed by atoms with Crippen LogP contribution in [0.4, 0.5) is 5.95 Å². The third-order valence-electron chi connectivity index (χ3n) is 9.84. The summed E-state index contributed by atoms with van der Waals surface area (Å²) < 4.78 is 42.5. The molecule has 1 N–H and O–H groups in total. The molecule has 0 saturated carbocycles. The number of nitrogens with one attached hydrogen (secondary N) is 1. The van der Waals surface area contributed by atoms with Crippen LogP contribution in [0.25, 0.3) is 11.0 Å². The van der Waals surface area contributed by atoms with Crippen molar-refractivity contribution in [3.63, 3.8) is 0 Å². The van der Waals surface area contributed by atoms with Gasteiger partial charge in [-0.1, -0.05) is 54.6 Å². The van der Waals surface area contributed by atoms with Crippen LogP contribution in [0.5, 0.6) is 11.5 Å². The normalized spacial score (nSPS) is 17.6. The second-order valence-electron chi connectivity index (χ2n) is 14.8. The molecule has 0 bridgehead atoms. The Morgan fingerprint density at radius 1 is 0.983 bits per heavy atom. The standard InChI is InChI=1S/C43H53N8O7P/c1-29(2)51(30(3)4)59(56-24-12-23-44)58-37-25-39(50-40-36(26-46-50)41(52)48-42(47-40)45-28-49(5)6)57-38(37)27-55-43(31-13-10-9-11-14-31,32-15-19-34(53-7)20-16-32)33-17-21-35(54-8)22-18-33/h9-11,13-22,26,28-30,37-39H,12,24-25,27H2,1-8H3,(H,47,48,52)/t37?,38-,39-,59?/m1/s1. The van der Waals surface area contributed by atoms with E-state index in [2.05, 4.69) is 58.5 Å². The van der Waals surface area contributed by atoms with Gasteiger partial charge >= 0.3 is 0 Å². The first-order chi connectivity index (χ1) is 28.5. The Hall–Kier alpha value is -5.20. The number of nitriles is 1. The quantitative estimate of drug-likeness (QED) is 0.0291. The Balaban J connectivity index is 1.45. The number of hydrogen-bond donors (Lipinski definition) is 1. The van der Waals surface area contributed by atoms with Gasteiger partial charge in [-0.25, -0.2) is 14.3 Å². The van der Waals surface area contributed by atoms with Crippen molar-refractivity contribution in [2.24, 2.45) is 4.99 Å². The summed E-state index contributed by atoms with van der Waals surface area (Å²) in [6.07, 6.45) is 1.62. The molecule has 5 aromatic rings. The maximum absolute atomic E-state index is 13.2. The van der Waals surface area contributed by atoms with Crippen molar-refractivity contribution in [1.82, 2.24) is 29.3 Å². The zero-order chi connectivity index (χ0) is 42.1. The number of rotatable bonds is 19. The predicted molar refractivity (Wildman–Crippen MR) is 227 cm³/mol. The smallest absolute Gasteiger partial charge is 0.263 e. The van der Waals surface area contributed by atoms with Gasteiger partial charge in [-0.05, 0) is 68.7 Å². The number of nitrogens with zero attached hydrogens (tertiary/aromatic N) is 7. The van der Waals surface area contributed by atoms with Gasteiger partial charge in [-0.15, -0.1) is 0 Å². The molecule has 1 saturated heterocycles. The third-order valence-corrected chi connectivity index (χ3v) is 12.0. The van der Waals surface area contributed by atoms with E-state index in [0.29, 0.717) is 29.0 Å². The second-order valence-corrected chi connectivity index (χ2v) is 16.2. The van der Waals surface area contributed by atoms with Gasteiger partial charge in [0.15, 0.2) is 11.9 Å². The van der Waals surface area contributed by atoms with Crippen LogP contribution in [0.1, 0.15) is 63.5 Å². The van der Waals surface area contributed by atoms with Crippen LogP contribution >= 0.6 is 8.53 Å². The van der Waals surface area contributed by atoms with Gasteiger partial charge in [0, 0.05) is 32.6 Å². The molecular weight excluding hydrogens is 771 g/mol. The summed E-state index contributed by atoms with van der Waals surface area (Å²) in [5.41, 5.74) is 1.43. The molecule has 1 aliphatic heterocycles. The Labute approximate surface area is 346 Å². The first kappa shape index (κ1) is 43.4. The monoisotopic (exact) mass is 824 g/mol. The number of H-pyrrole nitrogens is 1. The molecule has 312 valence electrons. The van der Waals surface area contributed by atoms with E-state index in [-0.39, 0.29) is 43.2 Å². The highest BCUT2D eigenvalue weighted by Gasteiger charge is 2.45. The highest BCUT2D eigenvalue weighted by Crippen LogP contribution is 2.51. The van der Waals surface area contributed by atoms with Gasteiger partial charge in [0.2, 0.25) is 5.95 Å². The van der Waals surface area contributed by atoms with E-state index < -0.39 is 32.6 Å². The van der Waals surface area contributed by atoms with Crippen molar-refractivity contribution in [3.05, 3.63) is 112 Å². The third kappa shape index (κ3) is 9.82. The molecule has 3 heterocycles. The van der Waals surface area contributed by atoms with Crippen LogP contribution in [-0.4, -0.2) is 101 Å². The van der Waals surface area contributed by atoms with E-state index in [0.717, 1.165) is 16.7 Å². The predicted octanol–water partition coefficient (Wildman–Crippen LogP) is 7.32. The Morgan fingerprint density at radius 2 is 1.59 bits per heavy atom. The van der Waals surface area contributed by atoms with Gasteiger partial charge in [-0.3, -0.25) is 9.78 Å². The molecule has 1 fully saturated rings. The van der Waals surface area contributed by atoms with Gasteiger partial charge in [0.1, 0.15) is 28.6 Å². The fraction of sp³-hybridized carbons (Fsp3) is 0.419. The largest absolute Gasteiger partial charge is 0.497 e. The number of methoxy groups -OCH3 is 2. The van der Waals surface area contributed by atoms with Crippen molar-refractivity contribution < 1.29 is 28.0 Å². The van der Waals surface area contributed by atoms with Crippen LogP contribution in [0, 0.1) is 11.3 Å². The molecular formula is C43H53N8O7P. The summed E-state index contributed by atoms with van der Waals surface area (Å²) in [4.78, 5) is 26.7. The van der Waals surface area contributed by atoms with Crippen molar-refractivity contribution in [2.45, 2.75) is 76.7 Å². The zero-order valence-corrected chi connectivity index (χ0v) is 35.7. The summed E-state index contributed by atoms with van der Waals surface area (Å²) in [5.74, 6) is 1.55. The van der Waals surface area contributed by atoms with Gasteiger partial charge in [-0.2, -0.15) is 15.3 Å². The molecule has 0 spiro atoms. The molecule has 2 unspecified atom stereocenters. The minimum atomic E-state index is -1.67. The van der Waals surface area contributed by atoms with Crippen LogP contribution < -0.4 is 15.0 Å². The highest BCUT2D eigenvalue weighted by molar-refractivity contribution is 7.44. The highest BCUT2D eigenvalue weighted by atomic mass is 31.2. The summed E-state index contributed by atoms with van der Waals surface area (Å²) in [5, 5.41) is 14.3. The average Bonchev–Trinajstić information content (AvgIpc) is 3.85. The first-order valence-electron chi connectivity index (χ1n) is 19.6. The van der Waals surface area contributed by atoms with E-state index in [4.69, 9.17) is 28.0 Å². The molecule has 2 aromatic heterocycles. The molecule has 3 aromatic carbocycles. The number of aromatic nitrogens is 4. The maximum atomic E-state index is 13.2. The van der Waals surface area contributed by atoms with Gasteiger partial charge in [0.25, 0.3) is 14.1 Å². The molecule has 4 atom stereocenters. The molecule has 59 heavy (non-hydrogen) atoms. The number of hydrogen-bond acceptors (Lipinski definition) is 12. The number of aliphatic imine (C=N–C) groups is 1. The Morgan fingerprint density at radius 3 is 2.15 bits per heavy atom. The zero-order valence-electron chi connectivity index (χ0n) is 34.8. The molecule has 1 aliphatic rings. The Kier molecular flexibility index (Phi) is 14.5. The summed E-state index contributed by atoms with van der Waals surface area (Å²) >= 11 is 0. The molecule has 0 aliphatic carbocycles. The summed E-state index contributed by atoms with van der Waals surface area (Å²) in [7, 11) is 5.26.